The van der Waals surface area contributed by atoms with Gasteiger partial charge >= 0.3 is 6.18 Å². The first-order valence-electron chi connectivity index (χ1n) is 13.4. The van der Waals surface area contributed by atoms with Crippen LogP contribution in [0.25, 0.3) is 6.08 Å². The van der Waals surface area contributed by atoms with Crippen LogP contribution in [0.3, 0.4) is 0 Å². The summed E-state index contributed by atoms with van der Waals surface area (Å²) in [6.07, 6.45) is 2.72. The van der Waals surface area contributed by atoms with Gasteiger partial charge in [-0.05, 0) is 67.4 Å². The van der Waals surface area contributed by atoms with E-state index < -0.39 is 23.7 Å². The van der Waals surface area contributed by atoms with Crippen LogP contribution in [-0.2, 0) is 15.8 Å². The highest BCUT2D eigenvalue weighted by molar-refractivity contribution is 6.03. The summed E-state index contributed by atoms with van der Waals surface area (Å²) in [7, 11) is 0. The van der Waals surface area contributed by atoms with Gasteiger partial charge in [0.25, 0.3) is 0 Å². The highest BCUT2D eigenvalue weighted by Crippen LogP contribution is 2.29. The van der Waals surface area contributed by atoms with Crippen molar-refractivity contribution in [3.63, 3.8) is 0 Å². The normalized spacial score (nSPS) is 15.0. The Morgan fingerprint density at radius 2 is 1.71 bits per heavy atom. The molecule has 1 fully saturated rings. The Kier molecular flexibility index (Phi) is 10.1. The number of nitrogens with two attached hydrogens (primary N) is 1. The van der Waals surface area contributed by atoms with Crippen LogP contribution in [0.2, 0.25) is 0 Å². The highest BCUT2D eigenvalue weighted by Gasteiger charge is 2.31. The Morgan fingerprint density at radius 3 is 2.37 bits per heavy atom. The number of alkyl halides is 3. The molecular weight excluding hydrogens is 533 g/mol. The van der Waals surface area contributed by atoms with Gasteiger partial charge in [-0.1, -0.05) is 42.8 Å². The van der Waals surface area contributed by atoms with Crippen molar-refractivity contribution in [2.45, 2.75) is 31.5 Å². The van der Waals surface area contributed by atoms with E-state index in [-0.39, 0.29) is 11.7 Å². The largest absolute Gasteiger partial charge is 0.417 e. The van der Waals surface area contributed by atoms with Crippen LogP contribution in [0, 0.1) is 0 Å². The van der Waals surface area contributed by atoms with Gasteiger partial charge in [-0.2, -0.15) is 13.2 Å². The minimum Gasteiger partial charge on any atom is -0.397 e. The Balaban J connectivity index is 1.43. The molecule has 1 aliphatic heterocycles. The zero-order chi connectivity index (χ0) is 29.2. The van der Waals surface area contributed by atoms with E-state index in [1.807, 2.05) is 0 Å². The molecule has 0 radical (unpaired) electrons. The van der Waals surface area contributed by atoms with Crippen molar-refractivity contribution in [2.75, 3.05) is 42.5 Å². The Bertz CT molecular complexity index is 1340. The van der Waals surface area contributed by atoms with Crippen molar-refractivity contribution in [2.24, 2.45) is 0 Å². The average molecular weight is 567 g/mol. The van der Waals surface area contributed by atoms with E-state index in [0.29, 0.717) is 29.7 Å². The van der Waals surface area contributed by atoms with Crippen molar-refractivity contribution < 1.29 is 22.8 Å². The third kappa shape index (κ3) is 8.89. The molecule has 11 heteroatoms. The van der Waals surface area contributed by atoms with E-state index in [4.69, 9.17) is 5.73 Å². The standard InChI is InChI=1S/C30H33F3N6O2/c31-30(32,33)23-13-14-26(36-20-23)38-29(41)28(35-16-19-39-17-4-1-5-18-39)22-11-8-21(9-12-22)10-15-27(40)37-25-7-3-2-6-24(25)34/h2-3,6-15,20,28,35H,1,4-5,16-19,34H2,(H,37,40)(H,36,38,41)/b15-10+. The molecule has 41 heavy (non-hydrogen) atoms. The fourth-order valence-corrected chi connectivity index (χ4v) is 4.50. The molecule has 2 aromatic carbocycles. The number of para-hydroxylation sites is 2. The van der Waals surface area contributed by atoms with Gasteiger partial charge in [0.1, 0.15) is 11.9 Å². The molecular formula is C30H33F3N6O2. The summed E-state index contributed by atoms with van der Waals surface area (Å²) >= 11 is 0. The summed E-state index contributed by atoms with van der Waals surface area (Å²) in [6.45, 7) is 3.34. The lowest BCUT2D eigenvalue weighted by Gasteiger charge is -2.27. The monoisotopic (exact) mass is 566 g/mol. The number of halogens is 3. The van der Waals surface area contributed by atoms with E-state index in [1.165, 1.54) is 12.5 Å². The maximum Gasteiger partial charge on any atom is 0.417 e. The molecule has 1 atom stereocenters. The van der Waals surface area contributed by atoms with E-state index >= 15 is 0 Å². The zero-order valence-electron chi connectivity index (χ0n) is 22.5. The number of carbonyl (C=O) groups excluding carboxylic acids is 2. The van der Waals surface area contributed by atoms with Gasteiger partial charge < -0.3 is 26.6 Å². The lowest BCUT2D eigenvalue weighted by Crippen LogP contribution is -2.40. The average Bonchev–Trinajstić information content (AvgIpc) is 2.96. The SMILES string of the molecule is Nc1ccccc1NC(=O)/C=C/c1ccc(C(NCCN2CCCCC2)C(=O)Nc2ccc(C(F)(F)F)cn2)cc1. The molecule has 0 saturated carbocycles. The topological polar surface area (TPSA) is 112 Å². The summed E-state index contributed by atoms with van der Waals surface area (Å²) in [4.78, 5) is 31.7. The van der Waals surface area contributed by atoms with E-state index in [0.717, 1.165) is 50.2 Å². The number of amides is 2. The number of aromatic nitrogens is 1. The minimum atomic E-state index is -4.51. The number of nitrogen functional groups attached to an aromatic ring is 1. The minimum absolute atomic E-state index is 0.0236. The number of pyridine rings is 1. The van der Waals surface area contributed by atoms with Crippen LogP contribution < -0.4 is 21.7 Å². The van der Waals surface area contributed by atoms with Crippen molar-refractivity contribution >= 4 is 35.1 Å². The third-order valence-corrected chi connectivity index (χ3v) is 6.75. The maximum absolute atomic E-state index is 13.3. The number of hydrogen-bond acceptors (Lipinski definition) is 6. The molecule has 1 saturated heterocycles. The number of benzene rings is 2. The predicted octanol–water partition coefficient (Wildman–Crippen LogP) is 5.09. The first-order chi connectivity index (χ1) is 19.7. The quantitative estimate of drug-likeness (QED) is 0.201. The second kappa shape index (κ2) is 13.9. The maximum atomic E-state index is 13.3. The summed E-state index contributed by atoms with van der Waals surface area (Å²) < 4.78 is 38.7. The first kappa shape index (κ1) is 29.8. The van der Waals surface area contributed by atoms with Crippen LogP contribution in [0.1, 0.15) is 42.0 Å². The number of anilines is 3. The number of rotatable bonds is 10. The molecule has 0 spiro atoms. The highest BCUT2D eigenvalue weighted by atomic mass is 19.4. The number of nitrogens with zero attached hydrogens (tertiary/aromatic N) is 2. The number of likely N-dealkylation sites (tertiary alicyclic amines) is 1. The fraction of sp³-hybridized carbons (Fsp3) is 0.300. The molecule has 3 aromatic rings. The van der Waals surface area contributed by atoms with Crippen LogP contribution in [0.4, 0.5) is 30.4 Å². The number of carbonyl (C=O) groups is 2. The van der Waals surface area contributed by atoms with Crippen molar-refractivity contribution in [3.8, 4) is 0 Å². The van der Waals surface area contributed by atoms with Gasteiger partial charge in [-0.15, -0.1) is 0 Å². The van der Waals surface area contributed by atoms with E-state index in [2.05, 4.69) is 25.8 Å². The molecule has 1 aromatic heterocycles. The van der Waals surface area contributed by atoms with E-state index in [9.17, 15) is 22.8 Å². The summed E-state index contributed by atoms with van der Waals surface area (Å²) in [5, 5.41) is 8.63. The third-order valence-electron chi connectivity index (χ3n) is 6.75. The number of hydrogen-bond donors (Lipinski definition) is 4. The first-order valence-corrected chi connectivity index (χ1v) is 13.4. The van der Waals surface area contributed by atoms with Gasteiger partial charge in [0.2, 0.25) is 11.8 Å². The molecule has 5 N–H and O–H groups in total. The Labute approximate surface area is 236 Å². The van der Waals surface area contributed by atoms with Crippen molar-refractivity contribution in [1.82, 2.24) is 15.2 Å². The fourth-order valence-electron chi connectivity index (χ4n) is 4.50. The molecule has 0 aliphatic carbocycles. The smallest absolute Gasteiger partial charge is 0.397 e. The molecule has 216 valence electrons. The van der Waals surface area contributed by atoms with Crippen molar-refractivity contribution in [1.29, 1.82) is 0 Å². The number of nitrogens with one attached hydrogen (secondary N) is 3. The molecule has 4 rings (SSSR count). The van der Waals surface area contributed by atoms with Crippen LogP contribution in [-0.4, -0.2) is 47.9 Å². The second-order valence-corrected chi connectivity index (χ2v) is 9.79. The Hall–Kier alpha value is -4.22. The molecule has 2 heterocycles. The summed E-state index contributed by atoms with van der Waals surface area (Å²) in [5.74, 6) is -0.762. The van der Waals surface area contributed by atoms with Gasteiger partial charge in [0.15, 0.2) is 0 Å². The van der Waals surface area contributed by atoms with Gasteiger partial charge in [0.05, 0.1) is 16.9 Å². The molecule has 1 unspecified atom stereocenters. The summed E-state index contributed by atoms with van der Waals surface area (Å²) in [6, 6.07) is 15.3. The summed E-state index contributed by atoms with van der Waals surface area (Å²) in [5.41, 5.74) is 7.35. The van der Waals surface area contributed by atoms with Crippen LogP contribution >= 0.6 is 0 Å². The molecule has 0 bridgehead atoms. The van der Waals surface area contributed by atoms with E-state index in [1.54, 1.807) is 54.6 Å². The molecule has 8 nitrogen and oxygen atoms in total. The molecule has 2 amide bonds. The van der Waals surface area contributed by atoms with Gasteiger partial charge in [0, 0.05) is 25.4 Å². The van der Waals surface area contributed by atoms with Crippen molar-refractivity contribution in [3.05, 3.63) is 89.6 Å². The number of piperidine rings is 1. The van der Waals surface area contributed by atoms with Crippen LogP contribution in [0.5, 0.6) is 0 Å². The van der Waals surface area contributed by atoms with Crippen LogP contribution in [0.15, 0.2) is 72.9 Å². The Morgan fingerprint density at radius 1 is 0.976 bits per heavy atom. The molecule has 1 aliphatic rings. The zero-order valence-corrected chi connectivity index (χ0v) is 22.5. The lowest BCUT2D eigenvalue weighted by molar-refractivity contribution is -0.137. The lowest BCUT2D eigenvalue weighted by atomic mass is 10.0. The van der Waals surface area contributed by atoms with Gasteiger partial charge in [-0.3, -0.25) is 9.59 Å². The predicted molar refractivity (Wildman–Crippen MR) is 154 cm³/mol. The van der Waals surface area contributed by atoms with Gasteiger partial charge in [-0.25, -0.2) is 4.98 Å². The second-order valence-electron chi connectivity index (χ2n) is 9.79.